The molecule has 84 valence electrons. The number of unbranched alkanes of at least 4 members (excludes halogenated alkanes) is 1. The molecule has 0 fully saturated rings. The molecule has 3 nitrogen and oxygen atoms in total. The second-order valence-corrected chi connectivity index (χ2v) is 5.40. The van der Waals surface area contributed by atoms with Crippen molar-refractivity contribution in [1.29, 1.82) is 0 Å². The van der Waals surface area contributed by atoms with E-state index in [1.165, 1.54) is 7.11 Å². The Morgan fingerprint density at radius 1 is 1.27 bits per heavy atom. The third kappa shape index (κ3) is 2.96. The van der Waals surface area contributed by atoms with Gasteiger partial charge in [0.2, 0.25) is 0 Å². The van der Waals surface area contributed by atoms with E-state index in [4.69, 9.17) is 4.74 Å². The maximum Gasteiger partial charge on any atom is 0.182 e. The second-order valence-electron chi connectivity index (χ2n) is 3.32. The first-order valence-electron chi connectivity index (χ1n) is 4.97. The Kier molecular flexibility index (Phi) is 4.15. The van der Waals surface area contributed by atoms with E-state index >= 15 is 0 Å². The van der Waals surface area contributed by atoms with Crippen LogP contribution in [-0.2, 0) is 9.84 Å². The lowest BCUT2D eigenvalue weighted by atomic mass is 10.3. The SMILES string of the molecule is CCCCS(=O)(=O)c1ccccc1OC. The standard InChI is InChI=1S/C11H16O3S/c1-3-4-9-15(12,13)11-8-6-5-7-10(11)14-2/h5-8H,3-4,9H2,1-2H3. The fourth-order valence-corrected chi connectivity index (χ4v) is 2.95. The molecule has 4 heteroatoms. The Balaban J connectivity index is 3.04. The molecular weight excluding hydrogens is 212 g/mol. The third-order valence-electron chi connectivity index (χ3n) is 2.17. The average Bonchev–Trinajstić information content (AvgIpc) is 2.26. The molecule has 0 amide bonds. The molecule has 0 aliphatic carbocycles. The van der Waals surface area contributed by atoms with Gasteiger partial charge in [-0.3, -0.25) is 0 Å². The molecule has 0 saturated heterocycles. The Labute approximate surface area is 91.0 Å². The van der Waals surface area contributed by atoms with Gasteiger partial charge in [-0.25, -0.2) is 8.42 Å². The smallest absolute Gasteiger partial charge is 0.182 e. The van der Waals surface area contributed by atoms with Crippen LogP contribution in [0.2, 0.25) is 0 Å². The van der Waals surface area contributed by atoms with Crippen molar-refractivity contribution in [3.8, 4) is 5.75 Å². The lowest BCUT2D eigenvalue weighted by molar-refractivity contribution is 0.402. The van der Waals surface area contributed by atoms with E-state index in [0.717, 1.165) is 6.42 Å². The van der Waals surface area contributed by atoms with Crippen molar-refractivity contribution < 1.29 is 13.2 Å². The first-order valence-corrected chi connectivity index (χ1v) is 6.63. The summed E-state index contributed by atoms with van der Waals surface area (Å²) in [6, 6.07) is 6.72. The Morgan fingerprint density at radius 3 is 2.53 bits per heavy atom. The predicted molar refractivity (Wildman–Crippen MR) is 60.0 cm³/mol. The van der Waals surface area contributed by atoms with Crippen LogP contribution in [0.4, 0.5) is 0 Å². The molecule has 0 bridgehead atoms. The van der Waals surface area contributed by atoms with Crippen LogP contribution in [0.25, 0.3) is 0 Å². The molecule has 1 aromatic rings. The van der Waals surface area contributed by atoms with Gasteiger partial charge in [-0.1, -0.05) is 25.5 Å². The van der Waals surface area contributed by atoms with Crippen LogP contribution in [-0.4, -0.2) is 21.3 Å². The molecular formula is C11H16O3S. The minimum Gasteiger partial charge on any atom is -0.495 e. The Hall–Kier alpha value is -1.03. The number of methoxy groups -OCH3 is 1. The summed E-state index contributed by atoms with van der Waals surface area (Å²) in [4.78, 5) is 0.293. The van der Waals surface area contributed by atoms with E-state index in [-0.39, 0.29) is 5.75 Å². The summed E-state index contributed by atoms with van der Waals surface area (Å²) < 4.78 is 28.8. The van der Waals surface area contributed by atoms with Crippen molar-refractivity contribution in [2.75, 3.05) is 12.9 Å². The fourth-order valence-electron chi connectivity index (χ4n) is 1.32. The van der Waals surface area contributed by atoms with Crippen LogP contribution in [0, 0.1) is 0 Å². The molecule has 0 atom stereocenters. The van der Waals surface area contributed by atoms with E-state index in [2.05, 4.69) is 0 Å². The van der Waals surface area contributed by atoms with E-state index in [0.29, 0.717) is 17.1 Å². The van der Waals surface area contributed by atoms with Gasteiger partial charge in [-0.15, -0.1) is 0 Å². The van der Waals surface area contributed by atoms with Crippen LogP contribution in [0.5, 0.6) is 5.75 Å². The maximum absolute atomic E-state index is 11.9. The molecule has 1 aromatic carbocycles. The number of rotatable bonds is 5. The molecule has 0 radical (unpaired) electrons. The van der Waals surface area contributed by atoms with Crippen molar-refractivity contribution in [2.24, 2.45) is 0 Å². The summed E-state index contributed by atoms with van der Waals surface area (Å²) in [7, 11) is -1.71. The average molecular weight is 228 g/mol. The quantitative estimate of drug-likeness (QED) is 0.776. The van der Waals surface area contributed by atoms with Gasteiger partial charge >= 0.3 is 0 Å². The summed E-state index contributed by atoms with van der Waals surface area (Å²) in [6.45, 7) is 1.97. The van der Waals surface area contributed by atoms with Crippen LogP contribution >= 0.6 is 0 Å². The fraction of sp³-hybridized carbons (Fsp3) is 0.455. The van der Waals surface area contributed by atoms with Gasteiger partial charge in [0, 0.05) is 0 Å². The van der Waals surface area contributed by atoms with Gasteiger partial charge in [-0.2, -0.15) is 0 Å². The summed E-state index contributed by atoms with van der Waals surface area (Å²) in [5, 5.41) is 0. The molecule has 0 N–H and O–H groups in total. The van der Waals surface area contributed by atoms with Crippen LogP contribution in [0.3, 0.4) is 0 Å². The summed E-state index contributed by atoms with van der Waals surface area (Å²) in [6.07, 6.45) is 1.55. The van der Waals surface area contributed by atoms with Crippen LogP contribution < -0.4 is 4.74 Å². The predicted octanol–water partition coefficient (Wildman–Crippen LogP) is 2.27. The highest BCUT2D eigenvalue weighted by atomic mass is 32.2. The minimum atomic E-state index is -3.19. The summed E-state index contributed by atoms with van der Waals surface area (Å²) in [5.41, 5.74) is 0. The highest BCUT2D eigenvalue weighted by Gasteiger charge is 2.17. The molecule has 0 spiro atoms. The topological polar surface area (TPSA) is 43.4 Å². The van der Waals surface area contributed by atoms with Crippen LogP contribution in [0.1, 0.15) is 19.8 Å². The van der Waals surface area contributed by atoms with Crippen molar-refractivity contribution in [1.82, 2.24) is 0 Å². The number of ether oxygens (including phenoxy) is 1. The van der Waals surface area contributed by atoms with E-state index in [1.54, 1.807) is 24.3 Å². The zero-order chi connectivity index (χ0) is 11.3. The number of hydrogen-bond donors (Lipinski definition) is 0. The van der Waals surface area contributed by atoms with Crippen molar-refractivity contribution in [2.45, 2.75) is 24.7 Å². The molecule has 0 aromatic heterocycles. The molecule has 15 heavy (non-hydrogen) atoms. The first kappa shape index (κ1) is 12.0. The lowest BCUT2D eigenvalue weighted by Gasteiger charge is -2.08. The van der Waals surface area contributed by atoms with Crippen molar-refractivity contribution in [3.63, 3.8) is 0 Å². The molecule has 0 heterocycles. The molecule has 1 rings (SSSR count). The molecule has 0 aliphatic rings. The molecule has 0 aliphatic heterocycles. The monoisotopic (exact) mass is 228 g/mol. The third-order valence-corrected chi connectivity index (χ3v) is 4.00. The van der Waals surface area contributed by atoms with Gasteiger partial charge in [0.15, 0.2) is 9.84 Å². The molecule has 0 unspecified atom stereocenters. The normalized spacial score (nSPS) is 11.3. The van der Waals surface area contributed by atoms with Crippen molar-refractivity contribution >= 4 is 9.84 Å². The summed E-state index contributed by atoms with van der Waals surface area (Å²) in [5.74, 6) is 0.609. The van der Waals surface area contributed by atoms with Gasteiger partial charge in [0.1, 0.15) is 10.6 Å². The maximum atomic E-state index is 11.9. The number of benzene rings is 1. The van der Waals surface area contributed by atoms with Gasteiger partial charge < -0.3 is 4.74 Å². The second kappa shape index (κ2) is 5.16. The number of hydrogen-bond acceptors (Lipinski definition) is 3. The van der Waals surface area contributed by atoms with Crippen LogP contribution in [0.15, 0.2) is 29.2 Å². The highest BCUT2D eigenvalue weighted by molar-refractivity contribution is 7.91. The Morgan fingerprint density at radius 2 is 1.93 bits per heavy atom. The highest BCUT2D eigenvalue weighted by Crippen LogP contribution is 2.24. The van der Waals surface area contributed by atoms with Gasteiger partial charge in [-0.05, 0) is 18.6 Å². The Bertz CT molecular complexity index is 410. The van der Waals surface area contributed by atoms with Gasteiger partial charge in [0.05, 0.1) is 12.9 Å². The van der Waals surface area contributed by atoms with E-state index in [9.17, 15) is 8.42 Å². The van der Waals surface area contributed by atoms with E-state index in [1.807, 2.05) is 6.92 Å². The zero-order valence-corrected chi connectivity index (χ0v) is 9.88. The minimum absolute atomic E-state index is 0.184. The lowest BCUT2D eigenvalue weighted by Crippen LogP contribution is -2.08. The first-order chi connectivity index (χ1) is 7.11. The summed E-state index contributed by atoms with van der Waals surface area (Å²) >= 11 is 0. The number of sulfone groups is 1. The number of para-hydroxylation sites is 1. The van der Waals surface area contributed by atoms with Gasteiger partial charge in [0.25, 0.3) is 0 Å². The van der Waals surface area contributed by atoms with E-state index < -0.39 is 9.84 Å². The zero-order valence-electron chi connectivity index (χ0n) is 9.06. The molecule has 0 saturated carbocycles. The largest absolute Gasteiger partial charge is 0.495 e. The van der Waals surface area contributed by atoms with Crippen molar-refractivity contribution in [3.05, 3.63) is 24.3 Å².